The van der Waals surface area contributed by atoms with Crippen LogP contribution in [-0.2, 0) is 0 Å². The lowest BCUT2D eigenvalue weighted by Gasteiger charge is -2.14. The molecule has 0 spiro atoms. The minimum Gasteiger partial charge on any atom is -0.439 e. The summed E-state index contributed by atoms with van der Waals surface area (Å²) in [6.45, 7) is 1.90. The van der Waals surface area contributed by atoms with E-state index in [9.17, 15) is 4.79 Å². The first-order valence-electron chi connectivity index (χ1n) is 7.97. The van der Waals surface area contributed by atoms with Crippen LogP contribution in [0.5, 0.6) is 11.6 Å². The van der Waals surface area contributed by atoms with Crippen molar-refractivity contribution >= 4 is 27.6 Å². The molecule has 7 heteroatoms. The van der Waals surface area contributed by atoms with Crippen LogP contribution in [0.3, 0.4) is 0 Å². The summed E-state index contributed by atoms with van der Waals surface area (Å²) in [5, 5.41) is 5.61. The predicted molar refractivity (Wildman–Crippen MR) is 103 cm³/mol. The standard InChI is InChI=1S/C19H17BrN4O2/c1-13(14-7-9-21-10-8-14)23-19(25)24-16-5-6-18(22-12-16)26-17-4-2-3-15(20)11-17/h2-13H,1H3,(H2,23,24,25). The maximum Gasteiger partial charge on any atom is 0.319 e. The highest BCUT2D eigenvalue weighted by atomic mass is 79.9. The molecule has 3 aromatic rings. The van der Waals surface area contributed by atoms with E-state index in [0.717, 1.165) is 10.0 Å². The predicted octanol–water partition coefficient (Wildman–Crippen LogP) is 4.91. The molecule has 0 aliphatic carbocycles. The third kappa shape index (κ3) is 5.03. The van der Waals surface area contributed by atoms with Crippen LogP contribution in [0.25, 0.3) is 0 Å². The summed E-state index contributed by atoms with van der Waals surface area (Å²) in [6, 6.07) is 14.2. The number of carbonyl (C=O) groups excluding carboxylic acids is 1. The molecule has 3 rings (SSSR count). The second-order valence-corrected chi connectivity index (χ2v) is 6.46. The number of carbonyl (C=O) groups is 1. The third-order valence-corrected chi connectivity index (χ3v) is 4.06. The van der Waals surface area contributed by atoms with Gasteiger partial charge in [-0.2, -0.15) is 0 Å². The summed E-state index contributed by atoms with van der Waals surface area (Å²) in [4.78, 5) is 20.3. The Bertz CT molecular complexity index is 872. The second-order valence-electron chi connectivity index (χ2n) is 5.55. The molecule has 132 valence electrons. The summed E-state index contributed by atoms with van der Waals surface area (Å²) in [7, 11) is 0. The number of hydrogen-bond donors (Lipinski definition) is 2. The van der Waals surface area contributed by atoms with Gasteiger partial charge in [0.1, 0.15) is 5.75 Å². The van der Waals surface area contributed by atoms with E-state index in [0.29, 0.717) is 17.3 Å². The van der Waals surface area contributed by atoms with E-state index in [4.69, 9.17) is 4.74 Å². The van der Waals surface area contributed by atoms with Gasteiger partial charge in [0.05, 0.1) is 17.9 Å². The minimum atomic E-state index is -0.309. The van der Waals surface area contributed by atoms with Crippen molar-refractivity contribution < 1.29 is 9.53 Å². The van der Waals surface area contributed by atoms with Crippen LogP contribution in [-0.4, -0.2) is 16.0 Å². The molecular formula is C19H17BrN4O2. The van der Waals surface area contributed by atoms with Crippen LogP contribution in [0.4, 0.5) is 10.5 Å². The lowest BCUT2D eigenvalue weighted by molar-refractivity contribution is 0.249. The Balaban J connectivity index is 1.56. The number of rotatable bonds is 5. The smallest absolute Gasteiger partial charge is 0.319 e. The molecule has 2 amide bonds. The number of aromatic nitrogens is 2. The Morgan fingerprint density at radius 2 is 1.96 bits per heavy atom. The molecule has 1 atom stereocenters. The summed E-state index contributed by atoms with van der Waals surface area (Å²) >= 11 is 3.39. The first-order valence-corrected chi connectivity index (χ1v) is 8.76. The number of amides is 2. The van der Waals surface area contributed by atoms with Gasteiger partial charge in [-0.3, -0.25) is 4.98 Å². The zero-order valence-electron chi connectivity index (χ0n) is 14.0. The van der Waals surface area contributed by atoms with Crippen molar-refractivity contribution in [2.75, 3.05) is 5.32 Å². The summed E-state index contributed by atoms with van der Waals surface area (Å²) in [5.41, 5.74) is 1.55. The Kier molecular flexibility index (Phi) is 5.80. The SMILES string of the molecule is CC(NC(=O)Nc1ccc(Oc2cccc(Br)c2)nc1)c1ccncc1. The van der Waals surface area contributed by atoms with Crippen molar-refractivity contribution in [1.29, 1.82) is 0 Å². The summed E-state index contributed by atoms with van der Waals surface area (Å²) in [6.07, 6.45) is 4.93. The fourth-order valence-corrected chi connectivity index (χ4v) is 2.64. The Hall–Kier alpha value is -2.93. The van der Waals surface area contributed by atoms with Crippen LogP contribution in [0, 0.1) is 0 Å². The molecule has 2 aromatic heterocycles. The average molecular weight is 413 g/mol. The number of halogens is 1. The number of ether oxygens (including phenoxy) is 1. The maximum absolute atomic E-state index is 12.1. The fourth-order valence-electron chi connectivity index (χ4n) is 2.27. The van der Waals surface area contributed by atoms with Gasteiger partial charge in [-0.1, -0.05) is 22.0 Å². The molecule has 0 radical (unpaired) electrons. The average Bonchev–Trinajstić information content (AvgIpc) is 2.64. The van der Waals surface area contributed by atoms with Crippen molar-refractivity contribution in [3.63, 3.8) is 0 Å². The first-order chi connectivity index (χ1) is 12.6. The Morgan fingerprint density at radius 3 is 2.65 bits per heavy atom. The van der Waals surface area contributed by atoms with Gasteiger partial charge in [0, 0.05) is 22.9 Å². The van der Waals surface area contributed by atoms with E-state index in [2.05, 4.69) is 36.5 Å². The van der Waals surface area contributed by atoms with Crippen LogP contribution in [0.15, 0.2) is 71.6 Å². The Labute approximate surface area is 159 Å². The number of pyridine rings is 2. The van der Waals surface area contributed by atoms with E-state index in [1.807, 2.05) is 43.3 Å². The zero-order valence-corrected chi connectivity index (χ0v) is 15.6. The second kappa shape index (κ2) is 8.44. The number of nitrogens with one attached hydrogen (secondary N) is 2. The number of benzene rings is 1. The quantitative estimate of drug-likeness (QED) is 0.623. The lowest BCUT2D eigenvalue weighted by Crippen LogP contribution is -2.31. The third-order valence-electron chi connectivity index (χ3n) is 3.57. The van der Waals surface area contributed by atoms with Crippen molar-refractivity contribution in [3.8, 4) is 11.6 Å². The van der Waals surface area contributed by atoms with Gasteiger partial charge in [0.2, 0.25) is 5.88 Å². The number of nitrogens with zero attached hydrogens (tertiary/aromatic N) is 2. The monoisotopic (exact) mass is 412 g/mol. The number of anilines is 1. The normalized spacial score (nSPS) is 11.5. The molecule has 0 fully saturated rings. The van der Waals surface area contributed by atoms with Crippen molar-refractivity contribution in [3.05, 3.63) is 77.2 Å². The van der Waals surface area contributed by atoms with Gasteiger partial charge in [0.15, 0.2) is 0 Å². The molecule has 6 nitrogen and oxygen atoms in total. The molecule has 1 aromatic carbocycles. The van der Waals surface area contributed by atoms with Crippen molar-refractivity contribution in [1.82, 2.24) is 15.3 Å². The van der Waals surface area contributed by atoms with Crippen LogP contribution >= 0.6 is 15.9 Å². The van der Waals surface area contributed by atoms with Crippen LogP contribution in [0.2, 0.25) is 0 Å². The fraction of sp³-hybridized carbons (Fsp3) is 0.105. The van der Waals surface area contributed by atoms with E-state index in [1.54, 1.807) is 30.7 Å². The van der Waals surface area contributed by atoms with Gasteiger partial charge in [-0.25, -0.2) is 9.78 Å². The first kappa shape index (κ1) is 17.9. The molecule has 2 heterocycles. The van der Waals surface area contributed by atoms with Gasteiger partial charge in [0.25, 0.3) is 0 Å². The molecule has 0 saturated heterocycles. The molecule has 0 bridgehead atoms. The molecule has 0 aliphatic rings. The highest BCUT2D eigenvalue weighted by Gasteiger charge is 2.09. The summed E-state index contributed by atoms with van der Waals surface area (Å²) in [5.74, 6) is 1.12. The number of hydrogen-bond acceptors (Lipinski definition) is 4. The minimum absolute atomic E-state index is 0.134. The molecule has 0 saturated carbocycles. The maximum atomic E-state index is 12.1. The number of urea groups is 1. The topological polar surface area (TPSA) is 76.1 Å². The molecule has 0 aliphatic heterocycles. The molecular weight excluding hydrogens is 396 g/mol. The van der Waals surface area contributed by atoms with Crippen molar-refractivity contribution in [2.45, 2.75) is 13.0 Å². The van der Waals surface area contributed by atoms with E-state index in [1.165, 1.54) is 0 Å². The molecule has 2 N–H and O–H groups in total. The van der Waals surface area contributed by atoms with Gasteiger partial charge >= 0.3 is 6.03 Å². The van der Waals surface area contributed by atoms with Crippen LogP contribution in [0.1, 0.15) is 18.5 Å². The van der Waals surface area contributed by atoms with Gasteiger partial charge < -0.3 is 15.4 Å². The summed E-state index contributed by atoms with van der Waals surface area (Å²) < 4.78 is 6.59. The Morgan fingerprint density at radius 1 is 1.15 bits per heavy atom. The lowest BCUT2D eigenvalue weighted by atomic mass is 10.1. The molecule has 1 unspecified atom stereocenters. The van der Waals surface area contributed by atoms with Crippen LogP contribution < -0.4 is 15.4 Å². The van der Waals surface area contributed by atoms with Crippen molar-refractivity contribution in [2.24, 2.45) is 0 Å². The highest BCUT2D eigenvalue weighted by molar-refractivity contribution is 9.10. The van der Waals surface area contributed by atoms with Gasteiger partial charge in [-0.15, -0.1) is 0 Å². The van der Waals surface area contributed by atoms with E-state index < -0.39 is 0 Å². The largest absolute Gasteiger partial charge is 0.439 e. The molecule has 26 heavy (non-hydrogen) atoms. The van der Waals surface area contributed by atoms with Gasteiger partial charge in [-0.05, 0) is 48.9 Å². The zero-order chi connectivity index (χ0) is 18.4. The van der Waals surface area contributed by atoms with E-state index >= 15 is 0 Å². The highest BCUT2D eigenvalue weighted by Crippen LogP contribution is 2.23. The van der Waals surface area contributed by atoms with E-state index in [-0.39, 0.29) is 12.1 Å².